The van der Waals surface area contributed by atoms with Crippen molar-refractivity contribution in [2.45, 2.75) is 13.0 Å². The molecule has 8 heteroatoms. The molecule has 0 bridgehead atoms. The molecule has 3 aromatic heterocycles. The SMILES string of the molecule is COc1nc2c(cc1Nc1ncc3cccc(-c4ccn(C)n4)c3n1)CN(C)CC2. The molecule has 152 valence electrons. The van der Waals surface area contributed by atoms with E-state index in [9.17, 15) is 0 Å². The standard InChI is InChI=1S/C22H23N7O/c1-28-9-7-17-15(13-28)11-19(21(24-17)30-3)25-22-23-12-14-5-4-6-16(20(14)26-22)18-8-10-29(2)27-18/h4-6,8,10-12H,7,9,13H2,1-3H3,(H,23,25,26). The Morgan fingerprint density at radius 1 is 1.13 bits per heavy atom. The van der Waals surface area contributed by atoms with Crippen LogP contribution in [-0.2, 0) is 20.0 Å². The van der Waals surface area contributed by atoms with Gasteiger partial charge in [0.1, 0.15) is 5.69 Å². The second-order valence-electron chi connectivity index (χ2n) is 7.58. The summed E-state index contributed by atoms with van der Waals surface area (Å²) in [5.41, 5.74) is 5.74. The molecule has 1 aromatic carbocycles. The minimum absolute atomic E-state index is 0.495. The first kappa shape index (κ1) is 18.5. The normalized spacial score (nSPS) is 14.0. The fourth-order valence-electron chi connectivity index (χ4n) is 3.84. The number of nitrogens with zero attached hydrogens (tertiary/aromatic N) is 6. The van der Waals surface area contributed by atoms with Crippen LogP contribution in [0.2, 0.25) is 0 Å². The molecule has 0 amide bonds. The molecule has 0 spiro atoms. The number of nitrogens with one attached hydrogen (secondary N) is 1. The topological polar surface area (TPSA) is 81.0 Å². The fourth-order valence-corrected chi connectivity index (χ4v) is 3.84. The first-order valence-corrected chi connectivity index (χ1v) is 9.89. The lowest BCUT2D eigenvalue weighted by Crippen LogP contribution is -2.27. The van der Waals surface area contributed by atoms with Gasteiger partial charge in [0.15, 0.2) is 0 Å². The van der Waals surface area contributed by atoms with Crippen LogP contribution in [0.25, 0.3) is 22.2 Å². The van der Waals surface area contributed by atoms with Gasteiger partial charge in [0, 0.05) is 49.9 Å². The van der Waals surface area contributed by atoms with E-state index >= 15 is 0 Å². The first-order valence-electron chi connectivity index (χ1n) is 9.89. The quantitative estimate of drug-likeness (QED) is 0.562. The summed E-state index contributed by atoms with van der Waals surface area (Å²) in [6.07, 6.45) is 4.67. The van der Waals surface area contributed by atoms with Crippen molar-refractivity contribution < 1.29 is 4.74 Å². The minimum atomic E-state index is 0.495. The van der Waals surface area contributed by atoms with Crippen LogP contribution in [0.4, 0.5) is 11.6 Å². The van der Waals surface area contributed by atoms with Gasteiger partial charge in [-0.05, 0) is 24.7 Å². The van der Waals surface area contributed by atoms with Crippen molar-refractivity contribution in [2.75, 3.05) is 26.0 Å². The van der Waals surface area contributed by atoms with E-state index < -0.39 is 0 Å². The van der Waals surface area contributed by atoms with Crippen LogP contribution in [0.3, 0.4) is 0 Å². The summed E-state index contributed by atoms with van der Waals surface area (Å²) in [6, 6.07) is 10.1. The Kier molecular flexibility index (Phi) is 4.55. The number of likely N-dealkylation sites (N-methyl/N-ethyl adjacent to an activating group) is 1. The maximum atomic E-state index is 5.54. The Balaban J connectivity index is 1.55. The zero-order valence-electron chi connectivity index (χ0n) is 17.3. The van der Waals surface area contributed by atoms with E-state index in [-0.39, 0.29) is 0 Å². The van der Waals surface area contributed by atoms with Gasteiger partial charge in [-0.2, -0.15) is 5.10 Å². The molecule has 30 heavy (non-hydrogen) atoms. The van der Waals surface area contributed by atoms with Gasteiger partial charge in [0.2, 0.25) is 11.8 Å². The second kappa shape index (κ2) is 7.38. The third-order valence-corrected chi connectivity index (χ3v) is 5.37. The van der Waals surface area contributed by atoms with E-state index in [4.69, 9.17) is 14.7 Å². The zero-order chi connectivity index (χ0) is 20.7. The van der Waals surface area contributed by atoms with E-state index in [1.165, 1.54) is 5.56 Å². The highest BCUT2D eigenvalue weighted by Crippen LogP contribution is 2.31. The van der Waals surface area contributed by atoms with E-state index in [0.717, 1.165) is 53.1 Å². The van der Waals surface area contributed by atoms with Gasteiger partial charge in [-0.3, -0.25) is 4.68 Å². The summed E-state index contributed by atoms with van der Waals surface area (Å²) >= 11 is 0. The van der Waals surface area contributed by atoms with Crippen LogP contribution in [-0.4, -0.2) is 50.3 Å². The molecule has 1 N–H and O–H groups in total. The summed E-state index contributed by atoms with van der Waals surface area (Å²) in [6.45, 7) is 1.86. The molecule has 8 nitrogen and oxygen atoms in total. The minimum Gasteiger partial charge on any atom is -0.480 e. The number of para-hydroxylation sites is 1. The molecule has 1 aliphatic heterocycles. The molecule has 0 fully saturated rings. The number of fused-ring (bicyclic) bond motifs is 2. The van der Waals surface area contributed by atoms with Gasteiger partial charge >= 0.3 is 0 Å². The third kappa shape index (κ3) is 3.35. The number of rotatable bonds is 4. The van der Waals surface area contributed by atoms with Crippen LogP contribution in [0, 0.1) is 0 Å². The van der Waals surface area contributed by atoms with Crippen molar-refractivity contribution in [3.8, 4) is 17.1 Å². The molecule has 5 rings (SSSR count). The van der Waals surface area contributed by atoms with Crippen LogP contribution in [0.5, 0.6) is 5.88 Å². The van der Waals surface area contributed by atoms with Crippen molar-refractivity contribution in [1.29, 1.82) is 0 Å². The number of ether oxygens (including phenoxy) is 1. The molecular formula is C22H23N7O. The molecule has 0 saturated heterocycles. The Morgan fingerprint density at radius 3 is 2.83 bits per heavy atom. The number of anilines is 2. The van der Waals surface area contributed by atoms with Crippen LogP contribution in [0.1, 0.15) is 11.3 Å². The zero-order valence-corrected chi connectivity index (χ0v) is 17.3. The Labute approximate surface area is 174 Å². The van der Waals surface area contributed by atoms with Gasteiger partial charge in [-0.15, -0.1) is 0 Å². The summed E-state index contributed by atoms with van der Waals surface area (Å²) in [4.78, 5) is 16.3. The predicted molar refractivity (Wildman–Crippen MR) is 116 cm³/mol. The Morgan fingerprint density at radius 2 is 2.03 bits per heavy atom. The van der Waals surface area contributed by atoms with Crippen LogP contribution >= 0.6 is 0 Å². The predicted octanol–water partition coefficient (Wildman–Crippen LogP) is 3.17. The molecule has 4 heterocycles. The fraction of sp³-hybridized carbons (Fsp3) is 0.273. The molecule has 0 aliphatic carbocycles. The smallest absolute Gasteiger partial charge is 0.237 e. The average molecular weight is 401 g/mol. The van der Waals surface area contributed by atoms with Gasteiger partial charge in [0.25, 0.3) is 0 Å². The largest absolute Gasteiger partial charge is 0.480 e. The van der Waals surface area contributed by atoms with Crippen LogP contribution in [0.15, 0.2) is 42.7 Å². The van der Waals surface area contributed by atoms with Crippen molar-refractivity contribution in [2.24, 2.45) is 7.05 Å². The third-order valence-electron chi connectivity index (χ3n) is 5.37. The number of benzene rings is 1. The molecule has 0 radical (unpaired) electrons. The summed E-state index contributed by atoms with van der Waals surface area (Å²) in [5.74, 6) is 1.05. The Hall–Kier alpha value is -3.52. The molecule has 0 saturated carbocycles. The number of pyridine rings is 1. The van der Waals surface area contributed by atoms with Gasteiger partial charge < -0.3 is 15.0 Å². The number of hydrogen-bond donors (Lipinski definition) is 1. The molecular weight excluding hydrogens is 378 g/mol. The van der Waals surface area contributed by atoms with Crippen molar-refractivity contribution in [3.05, 3.63) is 54.0 Å². The van der Waals surface area contributed by atoms with Crippen molar-refractivity contribution >= 4 is 22.5 Å². The van der Waals surface area contributed by atoms with E-state index in [1.807, 2.05) is 43.7 Å². The highest BCUT2D eigenvalue weighted by molar-refractivity contribution is 5.92. The van der Waals surface area contributed by atoms with E-state index in [0.29, 0.717) is 11.8 Å². The lowest BCUT2D eigenvalue weighted by Gasteiger charge is -2.25. The molecule has 1 aliphatic rings. The molecule has 0 atom stereocenters. The number of hydrogen-bond acceptors (Lipinski definition) is 7. The maximum absolute atomic E-state index is 5.54. The van der Waals surface area contributed by atoms with Crippen molar-refractivity contribution in [1.82, 2.24) is 29.6 Å². The Bertz CT molecular complexity index is 1230. The molecule has 4 aromatic rings. The van der Waals surface area contributed by atoms with E-state index in [1.54, 1.807) is 11.8 Å². The van der Waals surface area contributed by atoms with E-state index in [2.05, 4.69) is 33.4 Å². The average Bonchev–Trinajstić information content (AvgIpc) is 3.19. The highest BCUT2D eigenvalue weighted by Gasteiger charge is 2.19. The van der Waals surface area contributed by atoms with Crippen LogP contribution < -0.4 is 10.1 Å². The van der Waals surface area contributed by atoms with Gasteiger partial charge in [-0.25, -0.2) is 15.0 Å². The van der Waals surface area contributed by atoms with Crippen molar-refractivity contribution in [3.63, 3.8) is 0 Å². The number of aromatic nitrogens is 5. The number of methoxy groups -OCH3 is 1. The lowest BCUT2D eigenvalue weighted by molar-refractivity contribution is 0.307. The summed E-state index contributed by atoms with van der Waals surface area (Å²) in [7, 11) is 5.66. The summed E-state index contributed by atoms with van der Waals surface area (Å²) in [5, 5.41) is 8.80. The lowest BCUT2D eigenvalue weighted by atomic mass is 10.1. The van der Waals surface area contributed by atoms with Gasteiger partial charge in [0.05, 0.1) is 24.0 Å². The molecule has 0 unspecified atom stereocenters. The monoisotopic (exact) mass is 401 g/mol. The van der Waals surface area contributed by atoms with Gasteiger partial charge in [-0.1, -0.05) is 18.2 Å². The second-order valence-corrected chi connectivity index (χ2v) is 7.58. The highest BCUT2D eigenvalue weighted by atomic mass is 16.5. The maximum Gasteiger partial charge on any atom is 0.237 e. The summed E-state index contributed by atoms with van der Waals surface area (Å²) < 4.78 is 7.33. The number of aryl methyl sites for hydroxylation is 1. The first-order chi connectivity index (χ1) is 14.6.